The van der Waals surface area contributed by atoms with Crippen LogP contribution in [0.1, 0.15) is 6.42 Å². The summed E-state index contributed by atoms with van der Waals surface area (Å²) >= 11 is 2.78. The van der Waals surface area contributed by atoms with Gasteiger partial charge >= 0.3 is 0 Å². The summed E-state index contributed by atoms with van der Waals surface area (Å²) in [6, 6.07) is 5.64. The molecule has 1 aromatic carbocycles. The van der Waals surface area contributed by atoms with Crippen molar-refractivity contribution in [2.45, 2.75) is 10.8 Å². The number of carbonyl (C=O) groups excluding carboxylic acids is 2. The highest BCUT2D eigenvalue weighted by Crippen LogP contribution is 2.28. The molecule has 2 amide bonds. The smallest absolute Gasteiger partial charge is 0.231 e. The van der Waals surface area contributed by atoms with Crippen LogP contribution in [0.25, 0.3) is 0 Å². The highest BCUT2D eigenvalue weighted by Gasteiger charge is 2.35. The highest BCUT2D eigenvalue weighted by atomic mass is 32.2. The average Bonchev–Trinajstić information content (AvgIpc) is 3.23. The third-order valence-electron chi connectivity index (χ3n) is 3.78. The minimum absolute atomic E-state index is 0.109. The third-order valence-corrected chi connectivity index (χ3v) is 5.72. The summed E-state index contributed by atoms with van der Waals surface area (Å²) in [5.74, 6) is -0.536. The van der Waals surface area contributed by atoms with E-state index in [0.29, 0.717) is 17.4 Å². The largest absolute Gasteiger partial charge is 0.384 e. The molecular weight excluding hydrogens is 379 g/mol. The van der Waals surface area contributed by atoms with Crippen LogP contribution in [0, 0.1) is 11.7 Å². The number of hydrogen-bond donors (Lipinski definition) is 1. The molecule has 138 valence electrons. The van der Waals surface area contributed by atoms with Crippen molar-refractivity contribution in [1.82, 2.24) is 10.2 Å². The normalized spacial score (nSPS) is 16.9. The van der Waals surface area contributed by atoms with Gasteiger partial charge in [-0.3, -0.25) is 9.59 Å². The summed E-state index contributed by atoms with van der Waals surface area (Å²) in [6.07, 6.45) is 0.109. The maximum absolute atomic E-state index is 13.0. The maximum Gasteiger partial charge on any atom is 0.231 e. The zero-order valence-electron chi connectivity index (χ0n) is 14.0. The average molecular weight is 396 g/mol. The number of nitrogens with zero attached hydrogens (tertiary/aromatic N) is 3. The van der Waals surface area contributed by atoms with Crippen LogP contribution in [-0.2, 0) is 14.3 Å². The van der Waals surface area contributed by atoms with E-state index in [4.69, 9.17) is 4.74 Å². The Bertz CT molecular complexity index is 784. The Balaban J connectivity index is 1.57. The quantitative estimate of drug-likeness (QED) is 0.440. The van der Waals surface area contributed by atoms with Gasteiger partial charge in [0.2, 0.25) is 16.9 Å². The molecule has 7 nitrogen and oxygen atoms in total. The van der Waals surface area contributed by atoms with Crippen molar-refractivity contribution in [2.75, 3.05) is 36.2 Å². The summed E-state index contributed by atoms with van der Waals surface area (Å²) in [5, 5.41) is 11.1. The Kier molecular flexibility index (Phi) is 6.17. The van der Waals surface area contributed by atoms with Crippen LogP contribution in [-0.4, -0.2) is 48.0 Å². The second-order valence-corrected chi connectivity index (χ2v) is 7.91. The molecule has 1 saturated heterocycles. The first-order valence-electron chi connectivity index (χ1n) is 7.89. The summed E-state index contributed by atoms with van der Waals surface area (Å²) in [4.78, 5) is 26.1. The van der Waals surface area contributed by atoms with Gasteiger partial charge in [-0.15, -0.1) is 10.2 Å². The van der Waals surface area contributed by atoms with Gasteiger partial charge in [-0.25, -0.2) is 4.39 Å². The van der Waals surface area contributed by atoms with E-state index in [1.54, 1.807) is 7.11 Å². The van der Waals surface area contributed by atoms with Crippen molar-refractivity contribution in [3.8, 4) is 0 Å². The standard InChI is InChI=1S/C16H17FN4O3S2/c1-24-6-7-25-16-20-19-15(26-16)18-14(23)10-8-13(22)21(9-10)12-4-2-11(17)3-5-12/h2-5,10H,6-9H2,1H3,(H,18,19,23). The van der Waals surface area contributed by atoms with Crippen LogP contribution in [0.4, 0.5) is 15.2 Å². The molecule has 0 saturated carbocycles. The second kappa shape index (κ2) is 8.56. The molecule has 0 radical (unpaired) electrons. The lowest BCUT2D eigenvalue weighted by Crippen LogP contribution is -2.28. The zero-order valence-corrected chi connectivity index (χ0v) is 15.6. The predicted octanol–water partition coefficient (Wildman–Crippen LogP) is 2.41. The van der Waals surface area contributed by atoms with E-state index in [1.807, 2.05) is 0 Å². The Morgan fingerprint density at radius 1 is 1.42 bits per heavy atom. The first-order chi connectivity index (χ1) is 12.6. The first-order valence-corrected chi connectivity index (χ1v) is 9.69. The van der Waals surface area contributed by atoms with Gasteiger partial charge in [0, 0.05) is 31.5 Å². The SMILES string of the molecule is COCCSc1nnc(NC(=O)C2CC(=O)N(c3ccc(F)cc3)C2)s1. The molecule has 1 aliphatic rings. The molecule has 1 N–H and O–H groups in total. The highest BCUT2D eigenvalue weighted by molar-refractivity contribution is 8.01. The number of ether oxygens (including phenoxy) is 1. The van der Waals surface area contributed by atoms with Crippen LogP contribution >= 0.6 is 23.1 Å². The fourth-order valence-electron chi connectivity index (χ4n) is 2.49. The summed E-state index contributed by atoms with van der Waals surface area (Å²) < 4.78 is 18.7. The molecule has 1 aliphatic heterocycles. The lowest BCUT2D eigenvalue weighted by molar-refractivity contribution is -0.122. The van der Waals surface area contributed by atoms with Crippen molar-refractivity contribution in [1.29, 1.82) is 0 Å². The van der Waals surface area contributed by atoms with Gasteiger partial charge in [0.15, 0.2) is 4.34 Å². The number of benzene rings is 1. The molecule has 3 rings (SSSR count). The number of rotatable bonds is 7. The van der Waals surface area contributed by atoms with Gasteiger partial charge in [0.25, 0.3) is 0 Å². The molecule has 0 bridgehead atoms. The molecule has 1 atom stereocenters. The van der Waals surface area contributed by atoms with Crippen LogP contribution in [0.2, 0.25) is 0 Å². The lowest BCUT2D eigenvalue weighted by atomic mass is 10.1. The number of anilines is 2. The Hall–Kier alpha value is -2.04. The van der Waals surface area contributed by atoms with Crippen molar-refractivity contribution in [3.05, 3.63) is 30.1 Å². The van der Waals surface area contributed by atoms with Gasteiger partial charge in [0.1, 0.15) is 5.82 Å². The molecule has 1 unspecified atom stereocenters. The van der Waals surface area contributed by atoms with Crippen LogP contribution in [0.3, 0.4) is 0 Å². The summed E-state index contributed by atoms with van der Waals surface area (Å²) in [6.45, 7) is 0.861. The third kappa shape index (κ3) is 4.57. The molecule has 26 heavy (non-hydrogen) atoms. The fraction of sp³-hybridized carbons (Fsp3) is 0.375. The van der Waals surface area contributed by atoms with Gasteiger partial charge in [-0.1, -0.05) is 23.1 Å². The number of amides is 2. The molecule has 0 spiro atoms. The van der Waals surface area contributed by atoms with E-state index in [0.717, 1.165) is 10.1 Å². The second-order valence-electron chi connectivity index (χ2n) is 5.59. The van der Waals surface area contributed by atoms with Gasteiger partial charge < -0.3 is 15.0 Å². The Morgan fingerprint density at radius 3 is 2.92 bits per heavy atom. The fourth-order valence-corrected chi connectivity index (χ4v) is 4.22. The van der Waals surface area contributed by atoms with Crippen molar-refractivity contribution in [2.24, 2.45) is 5.92 Å². The zero-order chi connectivity index (χ0) is 18.5. The van der Waals surface area contributed by atoms with Gasteiger partial charge in [0.05, 0.1) is 12.5 Å². The number of methoxy groups -OCH3 is 1. The van der Waals surface area contributed by atoms with Crippen LogP contribution in [0.15, 0.2) is 28.6 Å². The van der Waals surface area contributed by atoms with E-state index in [9.17, 15) is 14.0 Å². The first kappa shape index (κ1) is 18.7. The minimum atomic E-state index is -0.485. The van der Waals surface area contributed by atoms with Crippen LogP contribution in [0.5, 0.6) is 0 Å². The van der Waals surface area contributed by atoms with Gasteiger partial charge in [-0.05, 0) is 24.3 Å². The van der Waals surface area contributed by atoms with Crippen LogP contribution < -0.4 is 10.2 Å². The molecule has 2 aromatic rings. The maximum atomic E-state index is 13.0. The monoisotopic (exact) mass is 396 g/mol. The number of carbonyl (C=O) groups is 2. The van der Waals surface area contributed by atoms with E-state index >= 15 is 0 Å². The van der Waals surface area contributed by atoms with E-state index < -0.39 is 5.92 Å². The molecular formula is C16H17FN4O3S2. The van der Waals surface area contributed by atoms with Gasteiger partial charge in [-0.2, -0.15) is 0 Å². The summed E-state index contributed by atoms with van der Waals surface area (Å²) in [5.41, 5.74) is 0.583. The molecule has 10 heteroatoms. The van der Waals surface area contributed by atoms with E-state index in [1.165, 1.54) is 52.3 Å². The number of halogens is 1. The number of thioether (sulfide) groups is 1. The number of hydrogen-bond acceptors (Lipinski definition) is 7. The number of nitrogens with one attached hydrogen (secondary N) is 1. The molecule has 2 heterocycles. The molecule has 0 aliphatic carbocycles. The Labute approximate surface area is 157 Å². The molecule has 1 aromatic heterocycles. The molecule has 1 fully saturated rings. The van der Waals surface area contributed by atoms with Crippen molar-refractivity contribution >= 4 is 45.7 Å². The predicted molar refractivity (Wildman–Crippen MR) is 98.0 cm³/mol. The van der Waals surface area contributed by atoms with E-state index in [2.05, 4.69) is 15.5 Å². The van der Waals surface area contributed by atoms with Crippen molar-refractivity contribution in [3.63, 3.8) is 0 Å². The topological polar surface area (TPSA) is 84.4 Å². The van der Waals surface area contributed by atoms with E-state index in [-0.39, 0.29) is 30.6 Å². The lowest BCUT2D eigenvalue weighted by Gasteiger charge is -2.16. The van der Waals surface area contributed by atoms with Crippen molar-refractivity contribution < 1.29 is 18.7 Å². The minimum Gasteiger partial charge on any atom is -0.384 e. The summed E-state index contributed by atoms with van der Waals surface area (Å²) in [7, 11) is 1.63. The number of aromatic nitrogens is 2. The Morgan fingerprint density at radius 2 is 2.19 bits per heavy atom.